The maximum atomic E-state index is 12.3. The smallest absolute Gasteiger partial charge is 0.329 e. The van der Waals surface area contributed by atoms with E-state index in [2.05, 4.69) is 26.6 Å². The minimum atomic E-state index is -0.411. The molecular weight excluding hydrogens is 400 g/mol. The molecule has 0 fully saturated rings. The molecule has 0 spiro atoms. The van der Waals surface area contributed by atoms with Gasteiger partial charge in [0.1, 0.15) is 6.54 Å². The monoisotopic (exact) mass is 416 g/mol. The van der Waals surface area contributed by atoms with E-state index in [1.165, 1.54) is 9.13 Å². The fourth-order valence-electron chi connectivity index (χ4n) is 2.65. The van der Waals surface area contributed by atoms with Crippen molar-refractivity contribution in [2.24, 2.45) is 7.05 Å². The third kappa shape index (κ3) is 3.70. The van der Waals surface area contributed by atoms with E-state index in [0.29, 0.717) is 11.2 Å². The van der Waals surface area contributed by atoms with Crippen molar-refractivity contribution in [2.45, 2.75) is 6.54 Å². The second-order valence-corrected chi connectivity index (χ2v) is 6.58. The maximum absolute atomic E-state index is 12.3. The van der Waals surface area contributed by atoms with Crippen LogP contribution in [0.5, 0.6) is 0 Å². The molecule has 7 nitrogen and oxygen atoms in total. The summed E-state index contributed by atoms with van der Waals surface area (Å²) in [5.74, 6) is -0.763. The number of fused-ring (bicyclic) bond motifs is 1. The van der Waals surface area contributed by atoms with Crippen LogP contribution in [0.15, 0.2) is 57.8 Å². The lowest BCUT2D eigenvalue weighted by molar-refractivity contribution is -0.124. The summed E-state index contributed by atoms with van der Waals surface area (Å²) in [5.41, 5.74) is 1.76. The van der Waals surface area contributed by atoms with Gasteiger partial charge in [-0.3, -0.25) is 18.7 Å². The molecule has 0 aliphatic rings. The van der Waals surface area contributed by atoms with Crippen molar-refractivity contribution in [3.05, 3.63) is 63.5 Å². The van der Waals surface area contributed by atoms with Gasteiger partial charge in [0, 0.05) is 11.5 Å². The second kappa shape index (κ2) is 7.57. The van der Waals surface area contributed by atoms with Crippen LogP contribution >= 0.6 is 15.9 Å². The Hall–Kier alpha value is -2.87. The molecule has 0 atom stereocenters. The number of rotatable bonds is 5. The quantitative estimate of drug-likeness (QED) is 0.665. The van der Waals surface area contributed by atoms with Crippen LogP contribution in [-0.4, -0.2) is 27.5 Å². The lowest BCUT2D eigenvalue weighted by atomic mass is 10.3. The summed E-state index contributed by atoms with van der Waals surface area (Å²) < 4.78 is 3.63. The lowest BCUT2D eigenvalue weighted by Gasteiger charge is -2.09. The van der Waals surface area contributed by atoms with E-state index in [1.807, 2.05) is 18.2 Å². The van der Waals surface area contributed by atoms with E-state index < -0.39 is 5.91 Å². The Labute approximate surface area is 157 Å². The standard InChI is InChI=1S/C18H17BrN4O3/c1-22-14-8-4-5-9-15(14)23(18(22)26)11-17(25)20-10-16(24)21-13-7-3-2-6-12(13)19/h2-9H,10-11H2,1H3,(H,20,25)(H,21,24). The van der Waals surface area contributed by atoms with Crippen LogP contribution in [0.1, 0.15) is 0 Å². The third-order valence-corrected chi connectivity index (χ3v) is 4.64. The summed E-state index contributed by atoms with van der Waals surface area (Å²) in [5, 5.41) is 5.24. The highest BCUT2D eigenvalue weighted by Gasteiger charge is 2.14. The lowest BCUT2D eigenvalue weighted by Crippen LogP contribution is -2.37. The summed E-state index contributed by atoms with van der Waals surface area (Å²) in [7, 11) is 1.66. The van der Waals surface area contributed by atoms with Crippen molar-refractivity contribution in [3.63, 3.8) is 0 Å². The van der Waals surface area contributed by atoms with Gasteiger partial charge in [-0.1, -0.05) is 24.3 Å². The van der Waals surface area contributed by atoms with Crippen molar-refractivity contribution in [2.75, 3.05) is 11.9 Å². The number of amides is 2. The highest BCUT2D eigenvalue weighted by atomic mass is 79.9. The first-order valence-electron chi connectivity index (χ1n) is 7.92. The van der Waals surface area contributed by atoms with Gasteiger partial charge in [-0.2, -0.15) is 0 Å². The van der Waals surface area contributed by atoms with E-state index in [0.717, 1.165) is 9.99 Å². The van der Waals surface area contributed by atoms with Crippen molar-refractivity contribution in [3.8, 4) is 0 Å². The van der Waals surface area contributed by atoms with Crippen LogP contribution in [0.4, 0.5) is 5.69 Å². The molecule has 0 bridgehead atoms. The molecule has 3 aromatic rings. The first kappa shape index (κ1) is 17.9. The highest BCUT2D eigenvalue weighted by Crippen LogP contribution is 2.20. The molecule has 0 radical (unpaired) electrons. The minimum Gasteiger partial charge on any atom is -0.345 e. The molecule has 134 valence electrons. The number of imidazole rings is 1. The Morgan fingerprint density at radius 2 is 1.65 bits per heavy atom. The number of para-hydroxylation sites is 3. The van der Waals surface area contributed by atoms with Gasteiger partial charge in [0.05, 0.1) is 23.3 Å². The molecule has 0 saturated heterocycles. The predicted octanol–water partition coefficient (Wildman–Crippen LogP) is 1.86. The fraction of sp³-hybridized carbons (Fsp3) is 0.167. The Morgan fingerprint density at radius 3 is 2.38 bits per heavy atom. The molecule has 0 aliphatic heterocycles. The van der Waals surface area contributed by atoms with Gasteiger partial charge in [-0.05, 0) is 40.2 Å². The minimum absolute atomic E-state index is 0.150. The van der Waals surface area contributed by atoms with Crippen LogP contribution in [-0.2, 0) is 23.2 Å². The number of aromatic nitrogens is 2. The van der Waals surface area contributed by atoms with Crippen LogP contribution in [0.3, 0.4) is 0 Å². The number of halogens is 1. The normalized spacial score (nSPS) is 10.7. The van der Waals surface area contributed by atoms with Crippen LogP contribution in [0, 0.1) is 0 Å². The zero-order valence-electron chi connectivity index (χ0n) is 14.0. The average Bonchev–Trinajstić information content (AvgIpc) is 2.87. The summed E-state index contributed by atoms with van der Waals surface area (Å²) in [6.45, 7) is -0.331. The van der Waals surface area contributed by atoms with Gasteiger partial charge in [-0.15, -0.1) is 0 Å². The van der Waals surface area contributed by atoms with Crippen molar-refractivity contribution in [1.29, 1.82) is 0 Å². The van der Waals surface area contributed by atoms with Crippen molar-refractivity contribution in [1.82, 2.24) is 14.5 Å². The molecule has 26 heavy (non-hydrogen) atoms. The molecule has 2 amide bonds. The molecule has 1 aromatic heterocycles. The fourth-order valence-corrected chi connectivity index (χ4v) is 3.04. The average molecular weight is 417 g/mol. The number of aryl methyl sites for hydroxylation is 1. The zero-order valence-corrected chi connectivity index (χ0v) is 15.6. The van der Waals surface area contributed by atoms with Gasteiger partial charge < -0.3 is 10.6 Å². The SMILES string of the molecule is Cn1c(=O)n(CC(=O)NCC(=O)Nc2ccccc2Br)c2ccccc21. The van der Waals surface area contributed by atoms with Crippen molar-refractivity contribution >= 4 is 44.5 Å². The van der Waals surface area contributed by atoms with E-state index in [9.17, 15) is 14.4 Å². The van der Waals surface area contributed by atoms with Crippen LogP contribution in [0.2, 0.25) is 0 Å². The van der Waals surface area contributed by atoms with Gasteiger partial charge in [0.2, 0.25) is 11.8 Å². The molecule has 8 heteroatoms. The number of hydrogen-bond acceptors (Lipinski definition) is 3. The molecular formula is C18H17BrN4O3. The Balaban J connectivity index is 1.63. The molecule has 0 unspecified atom stereocenters. The van der Waals surface area contributed by atoms with Gasteiger partial charge in [-0.25, -0.2) is 4.79 Å². The molecule has 0 saturated carbocycles. The zero-order chi connectivity index (χ0) is 18.7. The number of anilines is 1. The Kier molecular flexibility index (Phi) is 5.22. The van der Waals surface area contributed by atoms with E-state index >= 15 is 0 Å². The summed E-state index contributed by atoms with van der Waals surface area (Å²) >= 11 is 3.34. The van der Waals surface area contributed by atoms with Gasteiger partial charge >= 0.3 is 5.69 Å². The summed E-state index contributed by atoms with van der Waals surface area (Å²) in [4.78, 5) is 36.5. The molecule has 3 rings (SSSR count). The van der Waals surface area contributed by atoms with Gasteiger partial charge in [0.25, 0.3) is 0 Å². The van der Waals surface area contributed by atoms with Crippen LogP contribution < -0.4 is 16.3 Å². The highest BCUT2D eigenvalue weighted by molar-refractivity contribution is 9.10. The maximum Gasteiger partial charge on any atom is 0.329 e. The van der Waals surface area contributed by atoms with E-state index in [1.54, 1.807) is 37.4 Å². The number of nitrogens with one attached hydrogen (secondary N) is 2. The molecule has 1 heterocycles. The van der Waals surface area contributed by atoms with E-state index in [-0.39, 0.29) is 24.7 Å². The van der Waals surface area contributed by atoms with Crippen molar-refractivity contribution < 1.29 is 9.59 Å². The van der Waals surface area contributed by atoms with E-state index in [4.69, 9.17) is 0 Å². The second-order valence-electron chi connectivity index (χ2n) is 5.72. The Morgan fingerprint density at radius 1 is 1.00 bits per heavy atom. The summed E-state index contributed by atoms with van der Waals surface area (Å²) in [6.07, 6.45) is 0. The number of carbonyl (C=O) groups excluding carboxylic acids is 2. The van der Waals surface area contributed by atoms with Gasteiger partial charge in [0.15, 0.2) is 0 Å². The third-order valence-electron chi connectivity index (χ3n) is 3.95. The molecule has 2 N–H and O–H groups in total. The number of benzene rings is 2. The topological polar surface area (TPSA) is 85.1 Å². The molecule has 0 aliphatic carbocycles. The first-order chi connectivity index (χ1) is 12.5. The number of carbonyl (C=O) groups is 2. The predicted molar refractivity (Wildman–Crippen MR) is 103 cm³/mol. The Bertz CT molecular complexity index is 1040. The van der Waals surface area contributed by atoms with Crippen LogP contribution in [0.25, 0.3) is 11.0 Å². The number of hydrogen-bond donors (Lipinski definition) is 2. The number of nitrogens with zero attached hydrogens (tertiary/aromatic N) is 2. The largest absolute Gasteiger partial charge is 0.345 e. The molecule has 2 aromatic carbocycles. The first-order valence-corrected chi connectivity index (χ1v) is 8.72. The summed E-state index contributed by atoms with van der Waals surface area (Å²) in [6, 6.07) is 14.4.